The number of carbonyl (C=O) groups is 1. The quantitative estimate of drug-likeness (QED) is 0.666. The van der Waals surface area contributed by atoms with Gasteiger partial charge in [0.1, 0.15) is 0 Å². The molecule has 1 aliphatic heterocycles. The Bertz CT molecular complexity index is 941. The fraction of sp³-hybridized carbons (Fsp3) is 0.400. The Morgan fingerprint density at radius 1 is 1.30 bits per heavy atom. The summed E-state index contributed by atoms with van der Waals surface area (Å²) in [6.45, 7) is 2.11. The molecule has 142 valence electrons. The van der Waals surface area contributed by atoms with Crippen LogP contribution >= 0.6 is 22.9 Å². The lowest BCUT2D eigenvalue weighted by Crippen LogP contribution is -2.45. The van der Waals surface area contributed by atoms with Gasteiger partial charge in [-0.25, -0.2) is 4.98 Å². The molecular formula is C20H23ClN4OS. The molecule has 4 rings (SSSR count). The number of amides is 1. The van der Waals surface area contributed by atoms with Gasteiger partial charge in [-0.1, -0.05) is 23.7 Å². The van der Waals surface area contributed by atoms with Crippen LogP contribution in [0.3, 0.4) is 0 Å². The SMILES string of the molecule is CN1CCC(N(C)C(=O)Cc2csc3nc(-c4ccc(Cl)cc4)cn23)CC1. The van der Waals surface area contributed by atoms with E-state index in [9.17, 15) is 4.79 Å². The number of imidazole rings is 1. The van der Waals surface area contributed by atoms with E-state index in [0.717, 1.165) is 47.8 Å². The highest BCUT2D eigenvalue weighted by Crippen LogP contribution is 2.25. The molecule has 2 aromatic heterocycles. The van der Waals surface area contributed by atoms with Crippen LogP contribution < -0.4 is 0 Å². The summed E-state index contributed by atoms with van der Waals surface area (Å²) >= 11 is 7.54. The Hall–Kier alpha value is -1.89. The van der Waals surface area contributed by atoms with Gasteiger partial charge in [-0.2, -0.15) is 0 Å². The molecule has 5 nitrogen and oxygen atoms in total. The third-order valence-corrected chi connectivity index (χ3v) is 6.53. The number of hydrogen-bond donors (Lipinski definition) is 0. The number of carbonyl (C=O) groups excluding carboxylic acids is 1. The van der Waals surface area contributed by atoms with Crippen molar-refractivity contribution in [1.82, 2.24) is 19.2 Å². The van der Waals surface area contributed by atoms with Crippen LogP contribution in [0.2, 0.25) is 5.02 Å². The van der Waals surface area contributed by atoms with Crippen molar-refractivity contribution in [3.05, 3.63) is 46.6 Å². The van der Waals surface area contributed by atoms with E-state index in [0.29, 0.717) is 17.5 Å². The number of rotatable bonds is 4. The third kappa shape index (κ3) is 3.88. The van der Waals surface area contributed by atoms with Gasteiger partial charge in [0.05, 0.1) is 12.1 Å². The minimum Gasteiger partial charge on any atom is -0.342 e. The van der Waals surface area contributed by atoms with Gasteiger partial charge in [-0.3, -0.25) is 9.20 Å². The van der Waals surface area contributed by atoms with Crippen molar-refractivity contribution in [2.45, 2.75) is 25.3 Å². The molecule has 1 saturated heterocycles. The Labute approximate surface area is 168 Å². The topological polar surface area (TPSA) is 40.8 Å². The normalized spacial score (nSPS) is 16.1. The van der Waals surface area contributed by atoms with E-state index in [1.54, 1.807) is 11.3 Å². The van der Waals surface area contributed by atoms with Gasteiger partial charge in [0.2, 0.25) is 5.91 Å². The second-order valence-corrected chi connectivity index (χ2v) is 8.50. The summed E-state index contributed by atoms with van der Waals surface area (Å²) in [5.74, 6) is 0.172. The number of nitrogens with zero attached hydrogens (tertiary/aromatic N) is 4. The predicted molar refractivity (Wildman–Crippen MR) is 111 cm³/mol. The highest BCUT2D eigenvalue weighted by molar-refractivity contribution is 7.15. The number of hydrogen-bond acceptors (Lipinski definition) is 4. The van der Waals surface area contributed by atoms with Gasteiger partial charge in [0.25, 0.3) is 0 Å². The standard InChI is InChI=1S/C20H23ClN4OS/c1-23-9-7-16(8-10-23)24(2)19(26)11-17-13-27-20-22-18(12-25(17)20)14-3-5-15(21)6-4-14/h3-6,12-13,16H,7-11H2,1-2H3. The van der Waals surface area contributed by atoms with Gasteiger partial charge < -0.3 is 9.80 Å². The van der Waals surface area contributed by atoms with Gasteiger partial charge >= 0.3 is 0 Å². The molecule has 27 heavy (non-hydrogen) atoms. The van der Waals surface area contributed by atoms with Crippen LogP contribution in [-0.4, -0.2) is 58.3 Å². The lowest BCUT2D eigenvalue weighted by atomic mass is 10.0. The van der Waals surface area contributed by atoms with Gasteiger partial charge in [0.15, 0.2) is 4.96 Å². The first kappa shape index (κ1) is 18.5. The largest absolute Gasteiger partial charge is 0.342 e. The minimum absolute atomic E-state index is 0.172. The predicted octanol–water partition coefficient (Wildman–Crippen LogP) is 3.81. The first-order chi connectivity index (χ1) is 13.0. The highest BCUT2D eigenvalue weighted by atomic mass is 35.5. The van der Waals surface area contributed by atoms with E-state index in [1.807, 2.05) is 52.2 Å². The number of aromatic nitrogens is 2. The van der Waals surface area contributed by atoms with E-state index < -0.39 is 0 Å². The molecule has 1 aromatic carbocycles. The summed E-state index contributed by atoms with van der Waals surface area (Å²) < 4.78 is 2.04. The summed E-state index contributed by atoms with van der Waals surface area (Å²) in [4.78, 5) is 22.7. The minimum atomic E-state index is 0.172. The number of likely N-dealkylation sites (tertiary alicyclic amines) is 1. The van der Waals surface area contributed by atoms with Crippen molar-refractivity contribution in [3.63, 3.8) is 0 Å². The van der Waals surface area contributed by atoms with Crippen molar-refractivity contribution in [1.29, 1.82) is 0 Å². The van der Waals surface area contributed by atoms with Gasteiger partial charge in [0, 0.05) is 40.9 Å². The average Bonchev–Trinajstić information content (AvgIpc) is 3.24. The first-order valence-corrected chi connectivity index (χ1v) is 10.4. The molecule has 0 radical (unpaired) electrons. The van der Waals surface area contributed by atoms with E-state index in [2.05, 4.69) is 11.9 Å². The Morgan fingerprint density at radius 3 is 2.70 bits per heavy atom. The zero-order chi connectivity index (χ0) is 19.0. The summed E-state index contributed by atoms with van der Waals surface area (Å²) in [5, 5.41) is 2.75. The molecule has 7 heteroatoms. The summed E-state index contributed by atoms with van der Waals surface area (Å²) in [7, 11) is 4.08. The number of likely N-dealkylation sites (N-methyl/N-ethyl adjacent to an activating group) is 1. The molecule has 0 bridgehead atoms. The van der Waals surface area contributed by atoms with Crippen LogP contribution in [0.25, 0.3) is 16.2 Å². The van der Waals surface area contributed by atoms with Crippen LogP contribution in [-0.2, 0) is 11.2 Å². The molecule has 3 aromatic rings. The summed E-state index contributed by atoms with van der Waals surface area (Å²) in [6, 6.07) is 8.01. The average molecular weight is 403 g/mol. The maximum Gasteiger partial charge on any atom is 0.228 e. The lowest BCUT2D eigenvalue weighted by Gasteiger charge is -2.35. The lowest BCUT2D eigenvalue weighted by molar-refractivity contribution is -0.132. The van der Waals surface area contributed by atoms with E-state index >= 15 is 0 Å². The Balaban J connectivity index is 1.50. The van der Waals surface area contributed by atoms with Gasteiger partial charge in [-0.15, -0.1) is 11.3 Å². The zero-order valence-electron chi connectivity index (χ0n) is 15.6. The molecule has 0 unspecified atom stereocenters. The summed E-state index contributed by atoms with van der Waals surface area (Å²) in [5.41, 5.74) is 2.92. The van der Waals surface area contributed by atoms with E-state index in [-0.39, 0.29) is 5.91 Å². The van der Waals surface area contributed by atoms with Crippen molar-refractivity contribution in [2.75, 3.05) is 27.2 Å². The van der Waals surface area contributed by atoms with E-state index in [1.165, 1.54) is 0 Å². The van der Waals surface area contributed by atoms with Crippen molar-refractivity contribution in [2.24, 2.45) is 0 Å². The first-order valence-electron chi connectivity index (χ1n) is 9.17. The molecule has 0 atom stereocenters. The molecule has 1 amide bonds. The molecule has 0 spiro atoms. The van der Waals surface area contributed by atoms with Crippen LogP contribution in [0.1, 0.15) is 18.5 Å². The Kier molecular flexibility index (Phi) is 5.21. The molecule has 0 aliphatic carbocycles. The Morgan fingerprint density at radius 2 is 2.00 bits per heavy atom. The number of fused-ring (bicyclic) bond motifs is 1. The molecule has 0 N–H and O–H groups in total. The monoisotopic (exact) mass is 402 g/mol. The smallest absolute Gasteiger partial charge is 0.228 e. The maximum absolute atomic E-state index is 12.8. The van der Waals surface area contributed by atoms with Crippen LogP contribution in [0.4, 0.5) is 0 Å². The molecule has 1 fully saturated rings. The number of thiazole rings is 1. The van der Waals surface area contributed by atoms with Crippen molar-refractivity contribution >= 4 is 33.8 Å². The number of halogens is 1. The second-order valence-electron chi connectivity index (χ2n) is 7.23. The second kappa shape index (κ2) is 7.62. The molecule has 3 heterocycles. The molecule has 1 aliphatic rings. The van der Waals surface area contributed by atoms with Crippen LogP contribution in [0.5, 0.6) is 0 Å². The third-order valence-electron chi connectivity index (χ3n) is 5.38. The maximum atomic E-state index is 12.8. The van der Waals surface area contributed by atoms with Crippen molar-refractivity contribution in [3.8, 4) is 11.3 Å². The number of benzene rings is 1. The van der Waals surface area contributed by atoms with Crippen molar-refractivity contribution < 1.29 is 4.79 Å². The van der Waals surface area contributed by atoms with Crippen LogP contribution in [0.15, 0.2) is 35.8 Å². The molecule has 0 saturated carbocycles. The van der Waals surface area contributed by atoms with Crippen LogP contribution in [0, 0.1) is 0 Å². The highest BCUT2D eigenvalue weighted by Gasteiger charge is 2.24. The number of piperidine rings is 1. The molecular weight excluding hydrogens is 380 g/mol. The summed E-state index contributed by atoms with van der Waals surface area (Å²) in [6.07, 6.45) is 4.50. The fourth-order valence-electron chi connectivity index (χ4n) is 3.58. The fourth-order valence-corrected chi connectivity index (χ4v) is 4.58. The van der Waals surface area contributed by atoms with E-state index in [4.69, 9.17) is 16.6 Å². The van der Waals surface area contributed by atoms with Gasteiger partial charge in [-0.05, 0) is 45.1 Å². The zero-order valence-corrected chi connectivity index (χ0v) is 17.1.